The smallest absolute Gasteiger partial charge is 0.164 e. The van der Waals surface area contributed by atoms with Crippen LogP contribution in [0.4, 0.5) is 8.78 Å². The summed E-state index contributed by atoms with van der Waals surface area (Å²) in [5.41, 5.74) is -0.997. The minimum Gasteiger partial charge on any atom is -0.383 e. The van der Waals surface area contributed by atoms with Crippen molar-refractivity contribution < 1.29 is 13.9 Å². The summed E-state index contributed by atoms with van der Waals surface area (Å²) in [5.74, 6) is -1.98. The molecule has 0 aliphatic heterocycles. The molecule has 1 fully saturated rings. The van der Waals surface area contributed by atoms with E-state index in [1.165, 1.54) is 0 Å². The molecule has 4 rings (SSSR count). The van der Waals surface area contributed by atoms with E-state index in [4.69, 9.17) is 0 Å². The highest BCUT2D eigenvalue weighted by Gasteiger charge is 2.53. The van der Waals surface area contributed by atoms with E-state index in [1.807, 2.05) is 12.1 Å². The maximum Gasteiger partial charge on any atom is 0.164 e. The van der Waals surface area contributed by atoms with Gasteiger partial charge in [0.2, 0.25) is 0 Å². The van der Waals surface area contributed by atoms with Crippen molar-refractivity contribution in [3.05, 3.63) is 52.1 Å². The first-order valence-corrected chi connectivity index (χ1v) is 7.78. The minimum absolute atomic E-state index is 0.180. The molecule has 1 N–H and O–H groups in total. The normalized spacial score (nSPS) is 28.9. The lowest BCUT2D eigenvalue weighted by Crippen LogP contribution is -2.45. The summed E-state index contributed by atoms with van der Waals surface area (Å²) in [6.07, 6.45) is 4.16. The van der Waals surface area contributed by atoms with Crippen LogP contribution in [-0.4, -0.2) is 10.7 Å². The number of rotatable bonds is 2. The van der Waals surface area contributed by atoms with Crippen LogP contribution in [0.2, 0.25) is 0 Å². The van der Waals surface area contributed by atoms with E-state index in [-0.39, 0.29) is 18.4 Å². The van der Waals surface area contributed by atoms with Gasteiger partial charge in [0.05, 0.1) is 11.1 Å². The van der Waals surface area contributed by atoms with Gasteiger partial charge in [0, 0.05) is 5.41 Å². The average molecular weight is 326 g/mol. The van der Waals surface area contributed by atoms with Gasteiger partial charge in [0.25, 0.3) is 0 Å². The van der Waals surface area contributed by atoms with E-state index in [1.54, 1.807) is 31.2 Å². The molecule has 1 aromatic rings. The molecule has 0 unspecified atom stereocenters. The summed E-state index contributed by atoms with van der Waals surface area (Å²) in [4.78, 5) is 0. The molecule has 3 aliphatic carbocycles. The Morgan fingerprint density at radius 3 is 2.25 bits per heavy atom. The molecule has 3 aliphatic rings. The number of halogens is 2. The molecule has 3 nitrogen and oxygen atoms in total. The second-order valence-corrected chi connectivity index (χ2v) is 6.59. The molecule has 24 heavy (non-hydrogen) atoms. The number of benzene rings is 1. The Bertz CT molecular complexity index is 847. The zero-order valence-electron chi connectivity index (χ0n) is 13.2. The topological polar surface area (TPSA) is 67.8 Å². The van der Waals surface area contributed by atoms with Crippen LogP contribution in [0, 0.1) is 35.0 Å². The summed E-state index contributed by atoms with van der Waals surface area (Å²) in [6, 6.07) is 7.45. The second-order valence-electron chi connectivity index (χ2n) is 6.59. The first-order valence-electron chi connectivity index (χ1n) is 7.78. The van der Waals surface area contributed by atoms with Gasteiger partial charge >= 0.3 is 0 Å². The van der Waals surface area contributed by atoms with Crippen molar-refractivity contribution in [3.8, 4) is 12.1 Å². The van der Waals surface area contributed by atoms with E-state index in [0.717, 1.165) is 0 Å². The van der Waals surface area contributed by atoms with Gasteiger partial charge in [-0.3, -0.25) is 0 Å². The van der Waals surface area contributed by atoms with Crippen LogP contribution >= 0.6 is 0 Å². The van der Waals surface area contributed by atoms with Crippen LogP contribution in [-0.2, 0) is 0 Å². The fourth-order valence-electron chi connectivity index (χ4n) is 3.59. The Morgan fingerprint density at radius 1 is 1.04 bits per heavy atom. The first kappa shape index (κ1) is 16.4. The number of allylic oxidation sites excluding steroid dienone is 2. The van der Waals surface area contributed by atoms with Crippen LogP contribution in [0.15, 0.2) is 29.9 Å². The minimum atomic E-state index is -1.66. The van der Waals surface area contributed by atoms with Gasteiger partial charge in [-0.2, -0.15) is 10.5 Å². The number of nitrogens with zero attached hydrogens (tertiary/aromatic N) is 2. The summed E-state index contributed by atoms with van der Waals surface area (Å²) >= 11 is 0. The zero-order chi connectivity index (χ0) is 17.5. The van der Waals surface area contributed by atoms with Crippen LogP contribution < -0.4 is 0 Å². The highest BCUT2D eigenvalue weighted by Crippen LogP contribution is 2.57. The average Bonchev–Trinajstić information content (AvgIpc) is 2.59. The molecule has 1 saturated carbocycles. The van der Waals surface area contributed by atoms with Crippen LogP contribution in [0.1, 0.15) is 47.9 Å². The van der Waals surface area contributed by atoms with E-state index in [2.05, 4.69) is 0 Å². The van der Waals surface area contributed by atoms with Crippen molar-refractivity contribution in [2.45, 2.75) is 38.2 Å². The molecule has 0 heterocycles. The third kappa shape index (κ3) is 2.25. The molecule has 5 heteroatoms. The molecule has 0 radical (unpaired) electrons. The van der Waals surface area contributed by atoms with Gasteiger partial charge in [-0.15, -0.1) is 0 Å². The maximum absolute atomic E-state index is 14.4. The van der Waals surface area contributed by atoms with Crippen molar-refractivity contribution in [3.63, 3.8) is 0 Å². The Hall–Kier alpha value is -2.50. The lowest BCUT2D eigenvalue weighted by atomic mass is 9.61. The Kier molecular flexibility index (Phi) is 3.78. The van der Waals surface area contributed by atoms with Crippen molar-refractivity contribution in [2.75, 3.05) is 0 Å². The van der Waals surface area contributed by atoms with E-state index >= 15 is 0 Å². The van der Waals surface area contributed by atoms with Crippen LogP contribution in [0.25, 0.3) is 6.08 Å². The largest absolute Gasteiger partial charge is 0.383 e. The Labute approximate surface area is 139 Å². The molecule has 122 valence electrons. The van der Waals surface area contributed by atoms with Crippen molar-refractivity contribution in [1.82, 2.24) is 0 Å². The van der Waals surface area contributed by atoms with Gasteiger partial charge in [0.1, 0.15) is 23.6 Å². The molecule has 2 bridgehead atoms. The summed E-state index contributed by atoms with van der Waals surface area (Å²) in [7, 11) is 0. The number of aliphatic hydroxyl groups is 1. The number of hydrogen-bond donors (Lipinski definition) is 1. The van der Waals surface area contributed by atoms with Gasteiger partial charge < -0.3 is 5.11 Å². The fourth-order valence-corrected chi connectivity index (χ4v) is 3.59. The Morgan fingerprint density at radius 2 is 1.67 bits per heavy atom. The summed E-state index contributed by atoms with van der Waals surface area (Å²) in [6.45, 7) is 1.74. The SMILES string of the molecule is Cc1ccc(/C=C/C23CCC(O)(CC2)C(F)=C3F)c(C#N)c1C#N. The summed E-state index contributed by atoms with van der Waals surface area (Å²) in [5, 5.41) is 28.6. The van der Waals surface area contributed by atoms with Crippen molar-refractivity contribution in [2.24, 2.45) is 5.41 Å². The molecular weight excluding hydrogens is 310 g/mol. The van der Waals surface area contributed by atoms with E-state index < -0.39 is 22.7 Å². The number of aryl methyl sites for hydroxylation is 1. The molecule has 0 atom stereocenters. The molecule has 0 aromatic heterocycles. The first-order chi connectivity index (χ1) is 11.4. The third-order valence-corrected chi connectivity index (χ3v) is 5.26. The van der Waals surface area contributed by atoms with Gasteiger partial charge in [-0.25, -0.2) is 8.78 Å². The summed E-state index contributed by atoms with van der Waals surface area (Å²) < 4.78 is 28.5. The van der Waals surface area contributed by atoms with E-state index in [9.17, 15) is 24.4 Å². The fraction of sp³-hybridized carbons (Fsp3) is 0.368. The van der Waals surface area contributed by atoms with Gasteiger partial charge in [-0.05, 0) is 43.7 Å². The van der Waals surface area contributed by atoms with Crippen LogP contribution in [0.5, 0.6) is 0 Å². The number of nitriles is 2. The van der Waals surface area contributed by atoms with Crippen LogP contribution in [0.3, 0.4) is 0 Å². The highest BCUT2D eigenvalue weighted by atomic mass is 19.2. The van der Waals surface area contributed by atoms with E-state index in [0.29, 0.717) is 29.5 Å². The van der Waals surface area contributed by atoms with Crippen molar-refractivity contribution >= 4 is 6.08 Å². The molecule has 0 saturated heterocycles. The number of fused-ring (bicyclic) bond motifs is 2. The molecular formula is C19H16F2N2O. The zero-order valence-corrected chi connectivity index (χ0v) is 13.2. The van der Waals surface area contributed by atoms with Gasteiger partial charge in [-0.1, -0.05) is 24.3 Å². The van der Waals surface area contributed by atoms with Gasteiger partial charge in [0.15, 0.2) is 5.83 Å². The standard InChI is InChI=1S/C19H16F2N2O/c1-12-2-3-13(15(11-23)14(12)10-22)4-5-18-6-8-19(24,9-7-18)17(21)16(18)20/h2-5,24H,6-9H2,1H3/b5-4+. The van der Waals surface area contributed by atoms with Crippen molar-refractivity contribution in [1.29, 1.82) is 10.5 Å². The quantitative estimate of drug-likeness (QED) is 0.885. The monoisotopic (exact) mass is 326 g/mol. The predicted molar refractivity (Wildman–Crippen MR) is 84.7 cm³/mol. The third-order valence-electron chi connectivity index (χ3n) is 5.26. The second kappa shape index (κ2) is 5.54. The highest BCUT2D eigenvalue weighted by molar-refractivity contribution is 5.65. The molecule has 1 aromatic carbocycles. The lowest BCUT2D eigenvalue weighted by Gasteiger charge is -2.46. The Balaban J connectivity index is 2.05. The maximum atomic E-state index is 14.4. The lowest BCUT2D eigenvalue weighted by molar-refractivity contribution is -0.0339. The number of hydrogen-bond acceptors (Lipinski definition) is 3. The molecule has 0 amide bonds. The predicted octanol–water partition coefficient (Wildman–Crippen LogP) is 4.21. The molecule has 0 spiro atoms.